The van der Waals surface area contributed by atoms with Gasteiger partial charge in [0.2, 0.25) is 10.0 Å². The molecule has 2 N–H and O–H groups in total. The molecule has 1 aliphatic rings. The van der Waals surface area contributed by atoms with Gasteiger partial charge in [-0.2, -0.15) is 0 Å². The van der Waals surface area contributed by atoms with Crippen LogP contribution >= 0.6 is 0 Å². The molecule has 1 aromatic carbocycles. The van der Waals surface area contributed by atoms with Crippen LogP contribution in [0.15, 0.2) is 41.6 Å². The van der Waals surface area contributed by atoms with Crippen molar-refractivity contribution in [3.8, 4) is 0 Å². The lowest BCUT2D eigenvalue weighted by molar-refractivity contribution is 0.558. The van der Waals surface area contributed by atoms with Crippen molar-refractivity contribution in [2.45, 2.75) is 17.7 Å². The largest absolute Gasteiger partial charge is 0.369 e. The average Bonchev–Trinajstić information content (AvgIpc) is 3.14. The number of benzene rings is 1. The summed E-state index contributed by atoms with van der Waals surface area (Å²) in [6.45, 7) is 2.40. The highest BCUT2D eigenvalue weighted by molar-refractivity contribution is 7.89. The topological polar surface area (TPSA) is 87.2 Å². The Morgan fingerprint density at radius 1 is 1.12 bits per heavy atom. The van der Waals surface area contributed by atoms with E-state index >= 15 is 0 Å². The minimum Gasteiger partial charge on any atom is -0.369 e. The molecule has 0 atom stereocenters. The molecule has 25 heavy (non-hydrogen) atoms. The van der Waals surface area contributed by atoms with Crippen molar-refractivity contribution >= 4 is 21.7 Å². The Bertz CT molecular complexity index is 825. The molecular weight excluding hydrogens is 345 g/mol. The van der Waals surface area contributed by atoms with Crippen molar-refractivity contribution in [1.29, 1.82) is 0 Å². The molecule has 0 bridgehead atoms. The van der Waals surface area contributed by atoms with E-state index in [1.807, 2.05) is 6.07 Å². The SMILES string of the molecule is O=S(=O)(NCCNc1cc(N2CCCC2)ncn1)c1ccccc1F. The van der Waals surface area contributed by atoms with Gasteiger partial charge in [0, 0.05) is 32.2 Å². The van der Waals surface area contributed by atoms with Gasteiger partial charge < -0.3 is 10.2 Å². The number of rotatable bonds is 7. The van der Waals surface area contributed by atoms with Crippen molar-refractivity contribution in [2.75, 3.05) is 36.4 Å². The number of nitrogens with zero attached hydrogens (tertiary/aromatic N) is 3. The first kappa shape index (κ1) is 17.6. The second kappa shape index (κ2) is 7.75. The zero-order chi connectivity index (χ0) is 17.7. The molecule has 2 aromatic rings. The molecule has 1 aromatic heterocycles. The lowest BCUT2D eigenvalue weighted by Crippen LogP contribution is -2.29. The van der Waals surface area contributed by atoms with Gasteiger partial charge in [-0.25, -0.2) is 27.5 Å². The highest BCUT2D eigenvalue weighted by Gasteiger charge is 2.17. The van der Waals surface area contributed by atoms with Crippen LogP contribution in [0.2, 0.25) is 0 Å². The minimum absolute atomic E-state index is 0.111. The van der Waals surface area contributed by atoms with Crippen molar-refractivity contribution in [3.05, 3.63) is 42.5 Å². The van der Waals surface area contributed by atoms with E-state index in [2.05, 4.69) is 24.9 Å². The molecule has 1 aliphatic heterocycles. The molecule has 1 saturated heterocycles. The van der Waals surface area contributed by atoms with E-state index in [0.717, 1.165) is 37.8 Å². The fraction of sp³-hybridized carbons (Fsp3) is 0.375. The predicted octanol–water partition coefficient (Wildman–Crippen LogP) is 1.61. The minimum atomic E-state index is -3.87. The van der Waals surface area contributed by atoms with E-state index in [1.54, 1.807) is 0 Å². The first-order valence-electron chi connectivity index (χ1n) is 8.11. The molecule has 1 fully saturated rings. The molecule has 0 spiro atoms. The Morgan fingerprint density at radius 2 is 1.88 bits per heavy atom. The molecule has 2 heterocycles. The van der Waals surface area contributed by atoms with Gasteiger partial charge in [-0.05, 0) is 25.0 Å². The summed E-state index contributed by atoms with van der Waals surface area (Å²) in [7, 11) is -3.87. The fourth-order valence-corrected chi connectivity index (χ4v) is 3.79. The number of hydrogen-bond acceptors (Lipinski definition) is 6. The third-order valence-corrected chi connectivity index (χ3v) is 5.43. The van der Waals surface area contributed by atoms with Crippen molar-refractivity contribution < 1.29 is 12.8 Å². The number of hydrogen-bond donors (Lipinski definition) is 2. The summed E-state index contributed by atoms with van der Waals surface area (Å²) in [6.07, 6.45) is 3.80. The third kappa shape index (κ3) is 4.43. The van der Waals surface area contributed by atoms with Crippen LogP contribution in [-0.2, 0) is 10.0 Å². The maximum atomic E-state index is 13.6. The third-order valence-electron chi connectivity index (χ3n) is 3.93. The quantitative estimate of drug-likeness (QED) is 0.725. The fourth-order valence-electron chi connectivity index (χ4n) is 2.68. The molecule has 0 aliphatic carbocycles. The molecule has 0 unspecified atom stereocenters. The van der Waals surface area contributed by atoms with Crippen molar-refractivity contribution in [1.82, 2.24) is 14.7 Å². The van der Waals surface area contributed by atoms with Crippen LogP contribution in [0.3, 0.4) is 0 Å². The van der Waals surface area contributed by atoms with Crippen LogP contribution in [0.5, 0.6) is 0 Å². The van der Waals surface area contributed by atoms with Crippen LogP contribution in [0, 0.1) is 5.82 Å². The highest BCUT2D eigenvalue weighted by Crippen LogP contribution is 2.19. The Labute approximate surface area is 146 Å². The smallest absolute Gasteiger partial charge is 0.243 e. The monoisotopic (exact) mass is 365 g/mol. The summed E-state index contributed by atoms with van der Waals surface area (Å²) in [5.74, 6) is 0.720. The lowest BCUT2D eigenvalue weighted by Gasteiger charge is -2.16. The summed E-state index contributed by atoms with van der Waals surface area (Å²) < 4.78 is 40.1. The second-order valence-electron chi connectivity index (χ2n) is 5.71. The van der Waals surface area contributed by atoms with Crippen LogP contribution in [0.25, 0.3) is 0 Å². The van der Waals surface area contributed by atoms with Gasteiger partial charge in [0.15, 0.2) is 0 Å². The number of nitrogens with one attached hydrogen (secondary N) is 2. The molecule has 3 rings (SSSR count). The molecule has 0 saturated carbocycles. The normalized spacial score (nSPS) is 14.7. The first-order valence-corrected chi connectivity index (χ1v) is 9.60. The number of halogens is 1. The Hall–Kier alpha value is -2.26. The molecular formula is C16H20FN5O2S. The number of sulfonamides is 1. The zero-order valence-electron chi connectivity index (χ0n) is 13.7. The zero-order valence-corrected chi connectivity index (χ0v) is 14.5. The Balaban J connectivity index is 1.53. The average molecular weight is 365 g/mol. The molecule has 0 radical (unpaired) electrons. The Morgan fingerprint density at radius 3 is 2.64 bits per heavy atom. The Kier molecular flexibility index (Phi) is 5.44. The maximum Gasteiger partial charge on any atom is 0.243 e. The lowest BCUT2D eigenvalue weighted by atomic mass is 10.4. The standard InChI is InChI=1S/C16H20FN5O2S/c17-13-5-1-2-6-14(13)25(23,24)21-8-7-18-15-11-16(20-12-19-15)22-9-3-4-10-22/h1-2,5-6,11-12,21H,3-4,7-10H2,(H,18,19,20). The molecule has 0 amide bonds. The van der Waals surface area contributed by atoms with E-state index in [0.29, 0.717) is 12.4 Å². The van der Waals surface area contributed by atoms with Crippen LogP contribution in [0.1, 0.15) is 12.8 Å². The van der Waals surface area contributed by atoms with Gasteiger partial charge in [-0.3, -0.25) is 0 Å². The van der Waals surface area contributed by atoms with Gasteiger partial charge in [0.1, 0.15) is 28.7 Å². The van der Waals surface area contributed by atoms with Gasteiger partial charge in [-0.1, -0.05) is 12.1 Å². The van der Waals surface area contributed by atoms with Crippen molar-refractivity contribution in [2.24, 2.45) is 0 Å². The van der Waals surface area contributed by atoms with Crippen LogP contribution in [0.4, 0.5) is 16.0 Å². The van der Waals surface area contributed by atoms with Gasteiger partial charge in [0.05, 0.1) is 0 Å². The van der Waals surface area contributed by atoms with E-state index < -0.39 is 15.8 Å². The summed E-state index contributed by atoms with van der Waals surface area (Å²) in [4.78, 5) is 10.2. The summed E-state index contributed by atoms with van der Waals surface area (Å²) in [5, 5.41) is 3.05. The number of anilines is 2. The van der Waals surface area contributed by atoms with Gasteiger partial charge in [0.25, 0.3) is 0 Å². The summed E-state index contributed by atoms with van der Waals surface area (Å²) in [5.41, 5.74) is 0. The summed E-state index contributed by atoms with van der Waals surface area (Å²) in [6, 6.07) is 7.13. The van der Waals surface area contributed by atoms with E-state index in [1.165, 1.54) is 24.5 Å². The highest BCUT2D eigenvalue weighted by atomic mass is 32.2. The van der Waals surface area contributed by atoms with E-state index in [-0.39, 0.29) is 11.4 Å². The summed E-state index contributed by atoms with van der Waals surface area (Å²) >= 11 is 0. The molecule has 9 heteroatoms. The van der Waals surface area contributed by atoms with E-state index in [4.69, 9.17) is 0 Å². The molecule has 7 nitrogen and oxygen atoms in total. The van der Waals surface area contributed by atoms with E-state index in [9.17, 15) is 12.8 Å². The predicted molar refractivity (Wildman–Crippen MR) is 93.6 cm³/mol. The first-order chi connectivity index (χ1) is 12.1. The van der Waals surface area contributed by atoms with Gasteiger partial charge >= 0.3 is 0 Å². The van der Waals surface area contributed by atoms with Crippen LogP contribution < -0.4 is 14.9 Å². The molecule has 134 valence electrons. The van der Waals surface area contributed by atoms with Gasteiger partial charge in [-0.15, -0.1) is 0 Å². The van der Waals surface area contributed by atoms with Crippen LogP contribution in [-0.4, -0.2) is 44.6 Å². The number of aromatic nitrogens is 2. The maximum absolute atomic E-state index is 13.6. The second-order valence-corrected chi connectivity index (χ2v) is 7.45. The van der Waals surface area contributed by atoms with Crippen molar-refractivity contribution in [3.63, 3.8) is 0 Å².